The molecule has 0 spiro atoms. The third-order valence-corrected chi connectivity index (χ3v) is 5.14. The molecular formula is C15H30N2. The molecule has 2 aliphatic rings. The van der Waals surface area contributed by atoms with Crippen molar-refractivity contribution in [1.29, 1.82) is 0 Å². The molecule has 17 heavy (non-hydrogen) atoms. The summed E-state index contributed by atoms with van der Waals surface area (Å²) in [6.45, 7) is 5.85. The Bertz CT molecular complexity index is 223. The molecule has 3 atom stereocenters. The molecule has 0 aromatic rings. The zero-order valence-electron chi connectivity index (χ0n) is 11.7. The smallest absolute Gasteiger partial charge is 0.0252 e. The molecule has 2 rings (SSSR count). The molecule has 2 N–H and O–H groups in total. The molecule has 0 bridgehead atoms. The monoisotopic (exact) mass is 238 g/mol. The molecule has 2 saturated carbocycles. The summed E-state index contributed by atoms with van der Waals surface area (Å²) in [6.07, 6.45) is 11.0. The van der Waals surface area contributed by atoms with Crippen molar-refractivity contribution >= 4 is 0 Å². The maximum atomic E-state index is 6.40. The van der Waals surface area contributed by atoms with Crippen LogP contribution < -0.4 is 5.73 Å². The first-order chi connectivity index (χ1) is 8.26. The highest BCUT2D eigenvalue weighted by Gasteiger charge is 2.35. The van der Waals surface area contributed by atoms with Gasteiger partial charge in [-0.05, 0) is 44.6 Å². The van der Waals surface area contributed by atoms with E-state index in [-0.39, 0.29) is 0 Å². The lowest BCUT2D eigenvalue weighted by Gasteiger charge is -2.43. The van der Waals surface area contributed by atoms with Gasteiger partial charge in [0, 0.05) is 18.1 Å². The van der Waals surface area contributed by atoms with Gasteiger partial charge in [-0.25, -0.2) is 0 Å². The molecule has 0 heterocycles. The summed E-state index contributed by atoms with van der Waals surface area (Å²) in [5.74, 6) is 0.926. The predicted molar refractivity (Wildman–Crippen MR) is 74.0 cm³/mol. The Kier molecular flexibility index (Phi) is 4.87. The standard InChI is InChI=1S/C15H30N2/c1-3-12-9-10-14(16)15(11-12)17(4-2)13-7-5-6-8-13/h12-15H,3-11,16H2,1-2H3. The molecule has 0 aromatic heterocycles. The van der Waals surface area contributed by atoms with Crippen LogP contribution in [-0.2, 0) is 0 Å². The van der Waals surface area contributed by atoms with Gasteiger partial charge in [0.05, 0.1) is 0 Å². The van der Waals surface area contributed by atoms with Gasteiger partial charge in [0.1, 0.15) is 0 Å². The van der Waals surface area contributed by atoms with Gasteiger partial charge in [0.2, 0.25) is 0 Å². The highest BCUT2D eigenvalue weighted by Crippen LogP contribution is 2.33. The van der Waals surface area contributed by atoms with Gasteiger partial charge >= 0.3 is 0 Å². The number of hydrogen-bond donors (Lipinski definition) is 1. The average molecular weight is 238 g/mol. The van der Waals surface area contributed by atoms with Crippen LogP contribution in [0.25, 0.3) is 0 Å². The molecule has 2 nitrogen and oxygen atoms in total. The Morgan fingerprint density at radius 1 is 1.06 bits per heavy atom. The van der Waals surface area contributed by atoms with E-state index in [1.807, 2.05) is 0 Å². The van der Waals surface area contributed by atoms with Gasteiger partial charge in [-0.1, -0.05) is 33.1 Å². The molecule has 0 amide bonds. The van der Waals surface area contributed by atoms with E-state index in [1.165, 1.54) is 57.9 Å². The number of nitrogens with two attached hydrogens (primary N) is 1. The van der Waals surface area contributed by atoms with E-state index >= 15 is 0 Å². The number of nitrogens with zero attached hydrogens (tertiary/aromatic N) is 1. The van der Waals surface area contributed by atoms with Crippen LogP contribution in [0.5, 0.6) is 0 Å². The van der Waals surface area contributed by atoms with Crippen molar-refractivity contribution in [2.24, 2.45) is 11.7 Å². The number of hydrogen-bond acceptors (Lipinski definition) is 2. The van der Waals surface area contributed by atoms with Crippen LogP contribution in [0.2, 0.25) is 0 Å². The van der Waals surface area contributed by atoms with Gasteiger partial charge in [-0.15, -0.1) is 0 Å². The second-order valence-corrected chi connectivity index (χ2v) is 6.09. The Hall–Kier alpha value is -0.0800. The zero-order valence-corrected chi connectivity index (χ0v) is 11.7. The maximum Gasteiger partial charge on any atom is 0.0252 e. The summed E-state index contributed by atoms with van der Waals surface area (Å²) in [7, 11) is 0. The van der Waals surface area contributed by atoms with Crippen molar-refractivity contribution in [2.45, 2.75) is 83.3 Å². The predicted octanol–water partition coefficient (Wildman–Crippen LogP) is 3.16. The summed E-state index contributed by atoms with van der Waals surface area (Å²) >= 11 is 0. The van der Waals surface area contributed by atoms with E-state index in [2.05, 4.69) is 18.7 Å². The van der Waals surface area contributed by atoms with E-state index in [1.54, 1.807) is 0 Å². The quantitative estimate of drug-likeness (QED) is 0.815. The molecule has 100 valence electrons. The summed E-state index contributed by atoms with van der Waals surface area (Å²) in [6, 6.07) is 1.94. The molecule has 0 radical (unpaired) electrons. The fourth-order valence-electron chi connectivity index (χ4n) is 4.01. The van der Waals surface area contributed by atoms with E-state index in [0.29, 0.717) is 12.1 Å². The fraction of sp³-hybridized carbons (Fsp3) is 1.00. The largest absolute Gasteiger partial charge is 0.326 e. The van der Waals surface area contributed by atoms with Crippen LogP contribution in [0.4, 0.5) is 0 Å². The Morgan fingerprint density at radius 2 is 1.76 bits per heavy atom. The van der Waals surface area contributed by atoms with Crippen LogP contribution in [0, 0.1) is 5.92 Å². The minimum Gasteiger partial charge on any atom is -0.326 e. The first-order valence-electron chi connectivity index (χ1n) is 7.77. The molecule has 2 fully saturated rings. The van der Waals surface area contributed by atoms with Crippen molar-refractivity contribution in [3.63, 3.8) is 0 Å². The van der Waals surface area contributed by atoms with E-state index in [4.69, 9.17) is 5.73 Å². The maximum absolute atomic E-state index is 6.40. The van der Waals surface area contributed by atoms with Crippen LogP contribution in [0.3, 0.4) is 0 Å². The molecule has 0 saturated heterocycles. The number of likely N-dealkylation sites (N-methyl/N-ethyl adjacent to an activating group) is 1. The van der Waals surface area contributed by atoms with E-state index in [0.717, 1.165) is 12.0 Å². The lowest BCUT2D eigenvalue weighted by Crippen LogP contribution is -2.54. The van der Waals surface area contributed by atoms with E-state index < -0.39 is 0 Å². The third kappa shape index (κ3) is 3.03. The van der Waals surface area contributed by atoms with Gasteiger partial charge in [-0.3, -0.25) is 4.90 Å². The zero-order chi connectivity index (χ0) is 12.3. The number of rotatable bonds is 4. The van der Waals surface area contributed by atoms with Crippen molar-refractivity contribution in [3.05, 3.63) is 0 Å². The second kappa shape index (κ2) is 6.19. The van der Waals surface area contributed by atoms with Gasteiger partial charge in [-0.2, -0.15) is 0 Å². The molecule has 3 unspecified atom stereocenters. The Labute approximate surface area is 107 Å². The van der Waals surface area contributed by atoms with Gasteiger partial charge < -0.3 is 5.73 Å². The SMILES string of the molecule is CCC1CCC(N)C(N(CC)C2CCCC2)C1. The lowest BCUT2D eigenvalue weighted by molar-refractivity contribution is 0.0769. The normalized spacial score (nSPS) is 35.6. The fourth-order valence-corrected chi connectivity index (χ4v) is 4.01. The van der Waals surface area contributed by atoms with Gasteiger partial charge in [0.25, 0.3) is 0 Å². The Morgan fingerprint density at radius 3 is 2.35 bits per heavy atom. The first-order valence-corrected chi connectivity index (χ1v) is 7.77. The van der Waals surface area contributed by atoms with Gasteiger partial charge in [0.15, 0.2) is 0 Å². The molecule has 2 aliphatic carbocycles. The van der Waals surface area contributed by atoms with Crippen molar-refractivity contribution in [2.75, 3.05) is 6.54 Å². The first kappa shape index (κ1) is 13.4. The second-order valence-electron chi connectivity index (χ2n) is 6.09. The van der Waals surface area contributed by atoms with Crippen molar-refractivity contribution < 1.29 is 0 Å². The minimum absolute atomic E-state index is 0.429. The van der Waals surface area contributed by atoms with Crippen LogP contribution in [-0.4, -0.2) is 29.6 Å². The Balaban J connectivity index is 2.00. The van der Waals surface area contributed by atoms with E-state index in [9.17, 15) is 0 Å². The van der Waals surface area contributed by atoms with Crippen molar-refractivity contribution in [3.8, 4) is 0 Å². The summed E-state index contributed by atoms with van der Waals surface area (Å²) in [4.78, 5) is 2.75. The minimum atomic E-state index is 0.429. The highest BCUT2D eigenvalue weighted by molar-refractivity contribution is 4.92. The highest BCUT2D eigenvalue weighted by atomic mass is 15.2. The van der Waals surface area contributed by atoms with Crippen LogP contribution in [0.1, 0.15) is 65.2 Å². The molecular weight excluding hydrogens is 208 g/mol. The third-order valence-electron chi connectivity index (χ3n) is 5.14. The van der Waals surface area contributed by atoms with Crippen LogP contribution >= 0.6 is 0 Å². The lowest BCUT2D eigenvalue weighted by atomic mass is 9.80. The van der Waals surface area contributed by atoms with Crippen molar-refractivity contribution in [1.82, 2.24) is 4.90 Å². The summed E-state index contributed by atoms with van der Waals surface area (Å²) in [5.41, 5.74) is 6.40. The average Bonchev–Trinajstić information content (AvgIpc) is 2.86. The summed E-state index contributed by atoms with van der Waals surface area (Å²) < 4.78 is 0. The summed E-state index contributed by atoms with van der Waals surface area (Å²) in [5, 5.41) is 0. The molecule has 2 heteroatoms. The van der Waals surface area contributed by atoms with Crippen LogP contribution in [0.15, 0.2) is 0 Å². The molecule has 0 aliphatic heterocycles. The topological polar surface area (TPSA) is 29.3 Å². The molecule has 0 aromatic carbocycles.